The van der Waals surface area contributed by atoms with E-state index in [2.05, 4.69) is 9.97 Å². The summed E-state index contributed by atoms with van der Waals surface area (Å²) in [5.74, 6) is 0. The fraction of sp³-hybridized carbons (Fsp3) is 0. The average Bonchev–Trinajstić information content (AvgIpc) is 2.29. The highest BCUT2D eigenvalue weighted by molar-refractivity contribution is 6.32. The average molecular weight is 251 g/mol. The highest BCUT2D eigenvalue weighted by Gasteiger charge is 1.99. The lowest BCUT2D eigenvalue weighted by molar-refractivity contribution is 1.16. The minimum absolute atomic E-state index is 0.155. The van der Waals surface area contributed by atoms with Crippen LogP contribution in [0.15, 0.2) is 36.5 Å². The van der Waals surface area contributed by atoms with Gasteiger partial charge in [0.15, 0.2) is 0 Å². The Hall–Kier alpha value is -1.38. The van der Waals surface area contributed by atoms with Gasteiger partial charge in [0.1, 0.15) is 5.15 Å². The molecule has 2 nitrogen and oxygen atoms in total. The maximum absolute atomic E-state index is 5.91. The molecule has 4 heteroatoms. The molecule has 0 fully saturated rings. The van der Waals surface area contributed by atoms with Gasteiger partial charge in [-0.3, -0.25) is 0 Å². The highest BCUT2D eigenvalue weighted by Crippen LogP contribution is 2.16. The van der Waals surface area contributed by atoms with E-state index in [4.69, 9.17) is 23.2 Å². The molecule has 16 heavy (non-hydrogen) atoms. The lowest BCUT2D eigenvalue weighted by atomic mass is 10.2. The van der Waals surface area contributed by atoms with E-state index in [0.29, 0.717) is 5.15 Å². The minimum atomic E-state index is 0.155. The standard InChI is InChI=1S/C12H8Cl2N2/c13-11-10(8-15-12(14)16-11)7-6-9-4-2-1-3-5-9/h1-8H/b7-6+. The van der Waals surface area contributed by atoms with E-state index in [1.165, 1.54) is 0 Å². The quantitative estimate of drug-likeness (QED) is 0.596. The van der Waals surface area contributed by atoms with Crippen molar-refractivity contribution in [2.75, 3.05) is 0 Å². The van der Waals surface area contributed by atoms with Gasteiger partial charge in [-0.1, -0.05) is 48.0 Å². The molecule has 0 unspecified atom stereocenters. The Morgan fingerprint density at radius 3 is 2.44 bits per heavy atom. The zero-order valence-corrected chi connectivity index (χ0v) is 9.78. The van der Waals surface area contributed by atoms with Crippen LogP contribution in [0.1, 0.15) is 11.1 Å². The van der Waals surface area contributed by atoms with Crippen LogP contribution in [0.25, 0.3) is 12.2 Å². The molecule has 0 spiro atoms. The van der Waals surface area contributed by atoms with E-state index >= 15 is 0 Å². The zero-order valence-electron chi connectivity index (χ0n) is 8.27. The number of rotatable bonds is 2. The molecule has 0 saturated carbocycles. The van der Waals surface area contributed by atoms with Crippen LogP contribution in [-0.2, 0) is 0 Å². The van der Waals surface area contributed by atoms with Crippen LogP contribution in [0.5, 0.6) is 0 Å². The zero-order chi connectivity index (χ0) is 11.4. The molecule has 2 rings (SSSR count). The number of halogens is 2. The van der Waals surface area contributed by atoms with E-state index < -0.39 is 0 Å². The van der Waals surface area contributed by atoms with Crippen molar-refractivity contribution in [2.45, 2.75) is 0 Å². The van der Waals surface area contributed by atoms with Gasteiger partial charge in [-0.2, -0.15) is 0 Å². The summed E-state index contributed by atoms with van der Waals surface area (Å²) < 4.78 is 0. The van der Waals surface area contributed by atoms with Gasteiger partial charge >= 0.3 is 0 Å². The largest absolute Gasteiger partial charge is 0.226 e. The molecule has 1 aromatic heterocycles. The Labute approximate surface area is 104 Å². The molecule has 0 N–H and O–H groups in total. The van der Waals surface area contributed by atoms with Crippen LogP contribution in [0.3, 0.4) is 0 Å². The molecule has 1 aromatic carbocycles. The number of benzene rings is 1. The van der Waals surface area contributed by atoms with Crippen LogP contribution in [-0.4, -0.2) is 9.97 Å². The first-order valence-corrected chi connectivity index (χ1v) is 5.42. The summed E-state index contributed by atoms with van der Waals surface area (Å²) in [7, 11) is 0. The van der Waals surface area contributed by atoms with Gasteiger partial charge in [0.25, 0.3) is 0 Å². The molecule has 0 saturated heterocycles. The van der Waals surface area contributed by atoms with Crippen molar-refractivity contribution in [3.05, 3.63) is 58.1 Å². The maximum Gasteiger partial charge on any atom is 0.223 e. The second kappa shape index (κ2) is 5.10. The SMILES string of the molecule is Clc1ncc(/C=C/c2ccccc2)c(Cl)n1. The van der Waals surface area contributed by atoms with E-state index in [1.54, 1.807) is 6.20 Å². The van der Waals surface area contributed by atoms with Gasteiger partial charge in [-0.15, -0.1) is 0 Å². The highest BCUT2D eigenvalue weighted by atomic mass is 35.5. The summed E-state index contributed by atoms with van der Waals surface area (Å²) in [5, 5.41) is 0.508. The van der Waals surface area contributed by atoms with Crippen molar-refractivity contribution in [1.29, 1.82) is 0 Å². The smallest absolute Gasteiger partial charge is 0.223 e. The minimum Gasteiger partial charge on any atom is -0.226 e. The molecule has 0 aliphatic heterocycles. The van der Waals surface area contributed by atoms with Gasteiger partial charge in [-0.25, -0.2) is 9.97 Å². The van der Waals surface area contributed by atoms with Crippen molar-refractivity contribution in [3.63, 3.8) is 0 Å². The summed E-state index contributed by atoms with van der Waals surface area (Å²) in [6, 6.07) is 9.91. The topological polar surface area (TPSA) is 25.8 Å². The lowest BCUT2D eigenvalue weighted by Gasteiger charge is -1.97. The van der Waals surface area contributed by atoms with Crippen LogP contribution in [0, 0.1) is 0 Å². The Morgan fingerprint density at radius 2 is 1.75 bits per heavy atom. The Morgan fingerprint density at radius 1 is 1.00 bits per heavy atom. The molecule has 0 aliphatic carbocycles. The molecule has 0 amide bonds. The third-order valence-corrected chi connectivity index (χ3v) is 2.48. The van der Waals surface area contributed by atoms with Gasteiger partial charge in [0.05, 0.1) is 0 Å². The number of nitrogens with zero attached hydrogens (tertiary/aromatic N) is 2. The summed E-state index contributed by atoms with van der Waals surface area (Å²) in [6.45, 7) is 0. The molecule has 0 atom stereocenters. The second-order valence-electron chi connectivity index (χ2n) is 3.13. The third-order valence-electron chi connectivity index (χ3n) is 1.99. The first kappa shape index (κ1) is 11.1. The molecular weight excluding hydrogens is 243 g/mol. The van der Waals surface area contributed by atoms with E-state index in [1.807, 2.05) is 42.5 Å². The fourth-order valence-electron chi connectivity index (χ4n) is 1.21. The summed E-state index contributed by atoms with van der Waals surface area (Å²) in [4.78, 5) is 7.73. The van der Waals surface area contributed by atoms with Crippen LogP contribution >= 0.6 is 23.2 Å². The van der Waals surface area contributed by atoms with E-state index in [0.717, 1.165) is 11.1 Å². The molecule has 0 bridgehead atoms. The molecule has 0 radical (unpaired) electrons. The second-order valence-corrected chi connectivity index (χ2v) is 3.83. The normalized spacial score (nSPS) is 10.9. The number of hydrogen-bond donors (Lipinski definition) is 0. The molecule has 2 aromatic rings. The van der Waals surface area contributed by atoms with Crippen molar-refractivity contribution in [3.8, 4) is 0 Å². The number of hydrogen-bond acceptors (Lipinski definition) is 2. The van der Waals surface area contributed by atoms with E-state index in [9.17, 15) is 0 Å². The predicted octanol–water partition coefficient (Wildman–Crippen LogP) is 3.95. The van der Waals surface area contributed by atoms with Crippen LogP contribution < -0.4 is 0 Å². The van der Waals surface area contributed by atoms with Crippen molar-refractivity contribution >= 4 is 35.4 Å². The summed E-state index contributed by atoms with van der Waals surface area (Å²) >= 11 is 11.5. The van der Waals surface area contributed by atoms with E-state index in [-0.39, 0.29) is 5.28 Å². The van der Waals surface area contributed by atoms with Gasteiger partial charge in [0, 0.05) is 11.8 Å². The third kappa shape index (κ3) is 2.81. The number of aromatic nitrogens is 2. The Balaban J connectivity index is 2.24. The lowest BCUT2D eigenvalue weighted by Crippen LogP contribution is -1.85. The molecule has 80 valence electrons. The first-order chi connectivity index (χ1) is 7.75. The van der Waals surface area contributed by atoms with Crippen LogP contribution in [0.2, 0.25) is 10.4 Å². The summed E-state index contributed by atoms with van der Waals surface area (Å²) in [6.07, 6.45) is 5.39. The summed E-state index contributed by atoms with van der Waals surface area (Å²) in [5.41, 5.74) is 1.84. The van der Waals surface area contributed by atoms with Gasteiger partial charge in [-0.05, 0) is 23.2 Å². The fourth-order valence-corrected chi connectivity index (χ4v) is 1.58. The van der Waals surface area contributed by atoms with Crippen molar-refractivity contribution < 1.29 is 0 Å². The van der Waals surface area contributed by atoms with Crippen molar-refractivity contribution in [2.24, 2.45) is 0 Å². The first-order valence-electron chi connectivity index (χ1n) is 4.67. The molecular formula is C12H8Cl2N2. The van der Waals surface area contributed by atoms with Gasteiger partial charge in [0.2, 0.25) is 5.28 Å². The monoisotopic (exact) mass is 250 g/mol. The Kier molecular flexibility index (Phi) is 3.54. The van der Waals surface area contributed by atoms with Crippen LogP contribution in [0.4, 0.5) is 0 Å². The molecule has 0 aliphatic rings. The Bertz CT molecular complexity index is 510. The molecule has 1 heterocycles. The van der Waals surface area contributed by atoms with Crippen molar-refractivity contribution in [1.82, 2.24) is 9.97 Å². The predicted molar refractivity (Wildman–Crippen MR) is 67.4 cm³/mol. The van der Waals surface area contributed by atoms with Gasteiger partial charge < -0.3 is 0 Å². The maximum atomic E-state index is 5.91.